The molecule has 0 aliphatic heterocycles. The average molecular weight is 807 g/mol. The maximum Gasteiger partial charge on any atom is 0.472 e. The summed E-state index contributed by atoms with van der Waals surface area (Å²) in [4.78, 5) is 67.3. The van der Waals surface area contributed by atoms with E-state index in [2.05, 4.69) is 11.4 Å². The van der Waals surface area contributed by atoms with Crippen LogP contribution in [0.1, 0.15) is 137 Å². The predicted octanol–water partition coefficient (Wildman–Crippen LogP) is 6.24. The number of rotatable bonds is 35. The highest BCUT2D eigenvalue weighted by atomic mass is 31.2. The lowest BCUT2D eigenvalue weighted by atomic mass is 10.1. The number of aliphatic hydroxyl groups is 1. The summed E-state index contributed by atoms with van der Waals surface area (Å²) in [6, 6.07) is 0. The number of aliphatic hydroxyl groups excluding tert-OH is 1. The van der Waals surface area contributed by atoms with Gasteiger partial charge in [-0.25, -0.2) is 9.13 Å². The van der Waals surface area contributed by atoms with Crippen LogP contribution in [0.25, 0.3) is 0 Å². The van der Waals surface area contributed by atoms with Gasteiger partial charge in [-0.2, -0.15) is 0 Å². The van der Waals surface area contributed by atoms with Crippen molar-refractivity contribution in [2.45, 2.75) is 155 Å². The van der Waals surface area contributed by atoms with Crippen LogP contribution in [0.15, 0.2) is 0 Å². The van der Waals surface area contributed by atoms with Gasteiger partial charge in [-0.3, -0.25) is 37.3 Å². The second kappa shape index (κ2) is 31.3. The zero-order valence-electron chi connectivity index (χ0n) is 31.9. The van der Waals surface area contributed by atoms with E-state index in [1.165, 1.54) is 51.9 Å². The third kappa shape index (κ3) is 32.1. The van der Waals surface area contributed by atoms with Crippen LogP contribution < -0.4 is 0 Å². The molecule has 0 radical (unpaired) electrons. The van der Waals surface area contributed by atoms with E-state index in [0.717, 1.165) is 39.0 Å². The fourth-order valence-electron chi connectivity index (χ4n) is 4.55. The van der Waals surface area contributed by atoms with Gasteiger partial charge in [0.05, 0.1) is 26.4 Å². The van der Waals surface area contributed by atoms with Gasteiger partial charge in [0.2, 0.25) is 0 Å². The molecule has 0 fully saturated rings. The largest absolute Gasteiger partial charge is 0.472 e. The zero-order chi connectivity index (χ0) is 40.0. The standard InChI is InChI=1S/C34H64O17P2/c1-5-8-10-11-12-13-14-15-16-17-19-20-33(38)45-25-31(51-34(39)21-18-9-6-2)27-49-53(42,43)47-23-29(36)22-46-52(40,41)48-26-30(50-28(4)35)24-44-32(37)7-3/h29-31,36H,5-27H2,1-4H3,(H,40,41)(H,42,43)/t29-,30+,31+/m0/s1. The van der Waals surface area contributed by atoms with Gasteiger partial charge in [0.25, 0.3) is 0 Å². The average Bonchev–Trinajstić information content (AvgIpc) is 3.11. The van der Waals surface area contributed by atoms with Crippen molar-refractivity contribution in [2.75, 3.05) is 39.6 Å². The number of carbonyl (C=O) groups excluding carboxylic acids is 4. The number of phosphoric ester groups is 2. The maximum absolute atomic E-state index is 12.5. The van der Waals surface area contributed by atoms with E-state index in [0.29, 0.717) is 12.8 Å². The van der Waals surface area contributed by atoms with E-state index in [4.69, 9.17) is 32.5 Å². The minimum atomic E-state index is -4.88. The molecule has 0 heterocycles. The summed E-state index contributed by atoms with van der Waals surface area (Å²) < 4.78 is 64.1. The summed E-state index contributed by atoms with van der Waals surface area (Å²) >= 11 is 0. The van der Waals surface area contributed by atoms with Crippen molar-refractivity contribution in [1.29, 1.82) is 0 Å². The normalized spacial score (nSPS) is 15.4. The van der Waals surface area contributed by atoms with Crippen molar-refractivity contribution in [3.63, 3.8) is 0 Å². The molecule has 0 aliphatic rings. The van der Waals surface area contributed by atoms with Gasteiger partial charge in [-0.05, 0) is 12.8 Å². The molecule has 0 aromatic rings. The SMILES string of the molecule is CCCCCCCCCCCCCC(=O)OC[C@H](COP(=O)(O)OC[C@@H](O)COP(=O)(O)OC[C@@H](COC(=O)CC)OC(C)=O)OC(=O)CCCCC. The number of ether oxygens (including phenoxy) is 4. The van der Waals surface area contributed by atoms with Crippen LogP contribution in [0.3, 0.4) is 0 Å². The first-order valence-corrected chi connectivity index (χ1v) is 21.7. The van der Waals surface area contributed by atoms with Crippen LogP contribution >= 0.6 is 15.6 Å². The van der Waals surface area contributed by atoms with Gasteiger partial charge < -0.3 is 33.8 Å². The van der Waals surface area contributed by atoms with E-state index >= 15 is 0 Å². The Labute approximate surface area is 314 Å². The fourth-order valence-corrected chi connectivity index (χ4v) is 6.13. The molecule has 0 saturated heterocycles. The Hall–Kier alpha value is -1.94. The Morgan fingerprint density at radius 2 is 0.887 bits per heavy atom. The molecule has 0 aromatic heterocycles. The van der Waals surface area contributed by atoms with Crippen LogP contribution in [0.5, 0.6) is 0 Å². The molecule has 0 aliphatic carbocycles. The fraction of sp³-hybridized carbons (Fsp3) is 0.882. The molecule has 3 N–H and O–H groups in total. The van der Waals surface area contributed by atoms with Crippen LogP contribution in [0.4, 0.5) is 0 Å². The highest BCUT2D eigenvalue weighted by Gasteiger charge is 2.30. The third-order valence-corrected chi connectivity index (χ3v) is 9.36. The molecule has 0 amide bonds. The van der Waals surface area contributed by atoms with Crippen molar-refractivity contribution in [1.82, 2.24) is 0 Å². The van der Waals surface area contributed by atoms with Crippen LogP contribution in [-0.2, 0) is 65.4 Å². The van der Waals surface area contributed by atoms with Gasteiger partial charge in [0.15, 0.2) is 12.2 Å². The molecule has 2 unspecified atom stereocenters. The number of carbonyl (C=O) groups is 4. The van der Waals surface area contributed by atoms with Crippen LogP contribution in [-0.4, -0.2) is 96.7 Å². The highest BCUT2D eigenvalue weighted by Crippen LogP contribution is 2.45. The van der Waals surface area contributed by atoms with E-state index in [1.807, 2.05) is 6.92 Å². The summed E-state index contributed by atoms with van der Waals surface area (Å²) in [5.74, 6) is -2.49. The monoisotopic (exact) mass is 806 g/mol. The quantitative estimate of drug-likeness (QED) is 0.0278. The van der Waals surface area contributed by atoms with Crippen LogP contribution in [0, 0.1) is 0 Å². The van der Waals surface area contributed by atoms with Gasteiger partial charge in [0, 0.05) is 26.2 Å². The number of unbranched alkanes of at least 4 members (excludes halogenated alkanes) is 12. The first kappa shape index (κ1) is 51.1. The topological polar surface area (TPSA) is 237 Å². The predicted molar refractivity (Wildman–Crippen MR) is 192 cm³/mol. The Morgan fingerprint density at radius 3 is 1.36 bits per heavy atom. The van der Waals surface area contributed by atoms with E-state index in [9.17, 15) is 43.2 Å². The third-order valence-electron chi connectivity index (χ3n) is 7.46. The molecular weight excluding hydrogens is 742 g/mol. The Morgan fingerprint density at radius 1 is 0.509 bits per heavy atom. The molecule has 17 nitrogen and oxygen atoms in total. The molecular formula is C34H64O17P2. The molecule has 53 heavy (non-hydrogen) atoms. The van der Waals surface area contributed by atoms with Gasteiger partial charge in [-0.15, -0.1) is 0 Å². The van der Waals surface area contributed by atoms with E-state index in [-0.39, 0.29) is 19.3 Å². The first-order valence-electron chi connectivity index (χ1n) is 18.7. The second-order valence-electron chi connectivity index (χ2n) is 12.6. The van der Waals surface area contributed by atoms with Crippen molar-refractivity contribution in [3.05, 3.63) is 0 Å². The lowest BCUT2D eigenvalue weighted by Gasteiger charge is -2.21. The minimum Gasteiger partial charge on any atom is -0.462 e. The smallest absolute Gasteiger partial charge is 0.462 e. The summed E-state index contributed by atoms with van der Waals surface area (Å²) in [5, 5.41) is 10.1. The van der Waals surface area contributed by atoms with E-state index < -0.39 is 97.5 Å². The van der Waals surface area contributed by atoms with Crippen LogP contribution in [0.2, 0.25) is 0 Å². The maximum atomic E-state index is 12.5. The molecule has 0 spiro atoms. The molecule has 0 aromatic carbocycles. The Bertz CT molecular complexity index is 1110. The number of phosphoric acid groups is 2. The zero-order valence-corrected chi connectivity index (χ0v) is 33.7. The van der Waals surface area contributed by atoms with Crippen molar-refractivity contribution >= 4 is 39.5 Å². The highest BCUT2D eigenvalue weighted by molar-refractivity contribution is 7.47. The molecule has 0 saturated carbocycles. The Balaban J connectivity index is 4.75. The summed E-state index contributed by atoms with van der Waals surface area (Å²) in [6.45, 7) is 2.73. The molecule has 19 heteroatoms. The van der Waals surface area contributed by atoms with Gasteiger partial charge in [0.1, 0.15) is 19.3 Å². The molecule has 5 atom stereocenters. The van der Waals surface area contributed by atoms with E-state index in [1.54, 1.807) is 0 Å². The number of hydrogen-bond acceptors (Lipinski definition) is 15. The second-order valence-corrected chi connectivity index (χ2v) is 15.5. The molecule has 0 rings (SSSR count). The Kier molecular flexibility index (Phi) is 30.1. The summed E-state index contributed by atoms with van der Waals surface area (Å²) in [6.07, 6.45) is 10.8. The minimum absolute atomic E-state index is 0.0448. The first-order chi connectivity index (χ1) is 25.1. The molecule has 0 bridgehead atoms. The molecule has 312 valence electrons. The number of esters is 4. The summed E-state index contributed by atoms with van der Waals surface area (Å²) in [5.41, 5.74) is 0. The summed E-state index contributed by atoms with van der Waals surface area (Å²) in [7, 11) is -9.73. The number of hydrogen-bond donors (Lipinski definition) is 3. The lowest BCUT2D eigenvalue weighted by molar-refractivity contribution is -0.161. The lowest BCUT2D eigenvalue weighted by Crippen LogP contribution is -2.30. The van der Waals surface area contributed by atoms with Crippen molar-refractivity contribution in [3.8, 4) is 0 Å². The van der Waals surface area contributed by atoms with Crippen molar-refractivity contribution < 1.29 is 80.2 Å². The van der Waals surface area contributed by atoms with Gasteiger partial charge >= 0.3 is 39.5 Å². The van der Waals surface area contributed by atoms with Gasteiger partial charge in [-0.1, -0.05) is 97.8 Å². The van der Waals surface area contributed by atoms with Crippen molar-refractivity contribution in [2.24, 2.45) is 0 Å².